The Morgan fingerprint density at radius 3 is 2.38 bits per heavy atom. The van der Waals surface area contributed by atoms with Gasteiger partial charge in [-0.1, -0.05) is 65.3 Å². The molecule has 2 heterocycles. The lowest BCUT2D eigenvalue weighted by atomic mass is 10.0. The molecule has 2 aromatic heterocycles. The number of nitrogens with zero attached hydrogens (tertiary/aromatic N) is 2. The van der Waals surface area contributed by atoms with E-state index in [4.69, 9.17) is 25.6 Å². The number of hydrogen-bond acceptors (Lipinski definition) is 7. The van der Waals surface area contributed by atoms with Gasteiger partial charge in [0.1, 0.15) is 11.8 Å². The highest BCUT2D eigenvalue weighted by atomic mass is 35.5. The van der Waals surface area contributed by atoms with Crippen LogP contribution in [0.5, 0.6) is 0 Å². The molecule has 0 aliphatic carbocycles. The largest absolute Gasteiger partial charge is 0.466 e. The van der Waals surface area contributed by atoms with Gasteiger partial charge in [-0.3, -0.25) is 14.6 Å². The summed E-state index contributed by atoms with van der Waals surface area (Å²) in [5, 5.41) is 4.59. The number of aryl methyl sites for hydroxylation is 1. The number of esters is 2. The van der Waals surface area contributed by atoms with Crippen LogP contribution in [-0.2, 0) is 31.9 Å². The summed E-state index contributed by atoms with van der Waals surface area (Å²) < 4.78 is 16.1. The van der Waals surface area contributed by atoms with Gasteiger partial charge in [0.25, 0.3) is 0 Å². The Morgan fingerprint density at radius 1 is 0.973 bits per heavy atom. The van der Waals surface area contributed by atoms with Crippen molar-refractivity contribution in [1.82, 2.24) is 10.1 Å². The first-order valence-corrected chi connectivity index (χ1v) is 12.3. The van der Waals surface area contributed by atoms with Crippen LogP contribution < -0.4 is 0 Å². The molecule has 7 nitrogen and oxygen atoms in total. The van der Waals surface area contributed by atoms with E-state index in [1.54, 1.807) is 33.0 Å². The summed E-state index contributed by atoms with van der Waals surface area (Å²) >= 11 is 6.23. The number of hydrogen-bond donors (Lipinski definition) is 0. The summed E-state index contributed by atoms with van der Waals surface area (Å²) in [6.07, 6.45) is 1.46. The van der Waals surface area contributed by atoms with Crippen LogP contribution in [0.2, 0.25) is 5.02 Å². The predicted octanol–water partition coefficient (Wildman–Crippen LogP) is 6.32. The maximum Gasteiger partial charge on any atom is 0.311 e. The molecule has 0 N–H and O–H groups in total. The summed E-state index contributed by atoms with van der Waals surface area (Å²) in [5.74, 6) is -0.239. The number of benzene rings is 2. The summed E-state index contributed by atoms with van der Waals surface area (Å²) in [6.45, 7) is 5.71. The van der Waals surface area contributed by atoms with Crippen molar-refractivity contribution in [2.75, 3.05) is 6.61 Å². The van der Waals surface area contributed by atoms with E-state index < -0.39 is 12.1 Å². The summed E-state index contributed by atoms with van der Waals surface area (Å²) in [5.41, 5.74) is 5.26. The van der Waals surface area contributed by atoms with Gasteiger partial charge in [0.2, 0.25) is 0 Å². The molecule has 0 aliphatic heterocycles. The first-order chi connectivity index (χ1) is 17.9. The van der Waals surface area contributed by atoms with Gasteiger partial charge < -0.3 is 14.0 Å². The smallest absolute Gasteiger partial charge is 0.311 e. The fourth-order valence-corrected chi connectivity index (χ4v) is 4.23. The van der Waals surface area contributed by atoms with E-state index in [0.717, 1.165) is 22.3 Å². The predicted molar refractivity (Wildman–Crippen MR) is 140 cm³/mol. The van der Waals surface area contributed by atoms with Crippen molar-refractivity contribution in [2.45, 2.75) is 39.7 Å². The van der Waals surface area contributed by atoms with Crippen LogP contribution in [-0.4, -0.2) is 28.7 Å². The van der Waals surface area contributed by atoms with Crippen molar-refractivity contribution in [3.05, 3.63) is 94.3 Å². The molecule has 0 spiro atoms. The Bertz CT molecular complexity index is 1380. The number of carbonyl (C=O) groups excluding carboxylic acids is 2. The van der Waals surface area contributed by atoms with E-state index in [1.165, 1.54) is 0 Å². The lowest BCUT2D eigenvalue weighted by molar-refractivity contribution is -0.147. The molecular weight excluding hydrogens is 492 g/mol. The molecule has 1 atom stereocenters. The molecule has 190 valence electrons. The number of rotatable bonds is 9. The fourth-order valence-electron chi connectivity index (χ4n) is 3.94. The van der Waals surface area contributed by atoms with Gasteiger partial charge in [-0.25, -0.2) is 0 Å². The van der Waals surface area contributed by atoms with Crippen LogP contribution in [0.1, 0.15) is 42.3 Å². The highest BCUT2D eigenvalue weighted by molar-refractivity contribution is 6.31. The zero-order chi connectivity index (χ0) is 26.4. The Labute approximate surface area is 220 Å². The molecule has 0 fully saturated rings. The topological polar surface area (TPSA) is 91.5 Å². The summed E-state index contributed by atoms with van der Waals surface area (Å²) in [4.78, 5) is 29.0. The van der Waals surface area contributed by atoms with Crippen molar-refractivity contribution < 1.29 is 23.6 Å². The van der Waals surface area contributed by atoms with Crippen molar-refractivity contribution in [3.63, 3.8) is 0 Å². The number of aromatic nitrogens is 2. The van der Waals surface area contributed by atoms with Crippen LogP contribution in [0.4, 0.5) is 0 Å². The minimum absolute atomic E-state index is 0.00911. The van der Waals surface area contributed by atoms with Crippen LogP contribution >= 0.6 is 11.6 Å². The van der Waals surface area contributed by atoms with Crippen molar-refractivity contribution in [1.29, 1.82) is 0 Å². The van der Waals surface area contributed by atoms with E-state index in [2.05, 4.69) is 10.1 Å². The fraction of sp³-hybridized carbons (Fsp3) is 0.241. The molecule has 0 amide bonds. The summed E-state index contributed by atoms with van der Waals surface area (Å²) in [7, 11) is 0. The molecule has 8 heteroatoms. The summed E-state index contributed by atoms with van der Waals surface area (Å²) in [6, 6.07) is 18.7. The van der Waals surface area contributed by atoms with Gasteiger partial charge in [-0.05, 0) is 44.0 Å². The molecule has 0 radical (unpaired) electrons. The normalized spacial score (nSPS) is 11.7. The maximum absolute atomic E-state index is 12.7. The van der Waals surface area contributed by atoms with Crippen LogP contribution in [0.15, 0.2) is 71.4 Å². The monoisotopic (exact) mass is 518 g/mol. The zero-order valence-electron chi connectivity index (χ0n) is 20.9. The number of ether oxygens (including phenoxy) is 2. The molecule has 4 rings (SSSR count). The lowest BCUT2D eigenvalue weighted by Crippen LogP contribution is -2.12. The third-order valence-electron chi connectivity index (χ3n) is 5.89. The lowest BCUT2D eigenvalue weighted by Gasteiger charge is -2.15. The molecule has 2 aromatic carbocycles. The van der Waals surface area contributed by atoms with Crippen LogP contribution in [0.25, 0.3) is 22.6 Å². The quantitative estimate of drug-likeness (QED) is 0.239. The first-order valence-electron chi connectivity index (χ1n) is 12.0. The molecule has 0 saturated carbocycles. The van der Waals surface area contributed by atoms with E-state index >= 15 is 0 Å². The van der Waals surface area contributed by atoms with Gasteiger partial charge in [0.15, 0.2) is 5.76 Å². The molecule has 4 aromatic rings. The number of carbonyl (C=O) groups is 2. The molecule has 0 aliphatic rings. The molecule has 0 saturated heterocycles. The number of halogens is 1. The van der Waals surface area contributed by atoms with Gasteiger partial charge in [0, 0.05) is 27.9 Å². The highest BCUT2D eigenvalue weighted by Gasteiger charge is 2.22. The van der Waals surface area contributed by atoms with E-state index in [0.29, 0.717) is 34.3 Å². The van der Waals surface area contributed by atoms with E-state index in [-0.39, 0.29) is 18.8 Å². The van der Waals surface area contributed by atoms with Gasteiger partial charge in [0.05, 0.1) is 25.1 Å². The second kappa shape index (κ2) is 11.8. The third-order valence-corrected chi connectivity index (χ3v) is 6.24. The Morgan fingerprint density at radius 2 is 1.70 bits per heavy atom. The van der Waals surface area contributed by atoms with E-state index in [1.807, 2.05) is 54.6 Å². The molecule has 0 bridgehead atoms. The highest BCUT2D eigenvalue weighted by Crippen LogP contribution is 2.29. The molecule has 1 unspecified atom stereocenters. The van der Waals surface area contributed by atoms with Crippen molar-refractivity contribution in [3.8, 4) is 22.6 Å². The van der Waals surface area contributed by atoms with Crippen LogP contribution in [0, 0.1) is 6.92 Å². The third kappa shape index (κ3) is 6.43. The van der Waals surface area contributed by atoms with Crippen molar-refractivity contribution >= 4 is 23.5 Å². The Kier molecular flexibility index (Phi) is 8.36. The average Bonchev–Trinajstić information content (AvgIpc) is 3.24. The van der Waals surface area contributed by atoms with Crippen molar-refractivity contribution in [2.24, 2.45) is 0 Å². The first kappa shape index (κ1) is 26.1. The second-order valence-electron chi connectivity index (χ2n) is 8.52. The standard InChI is InChI=1S/C29H27ClN2O5/c1-4-35-27(33)15-20-9-11-21(12-10-20)22-13-14-26(31-17-22)29-24(18(2)32-37-29)16-28(34)36-19(3)23-7-5-6-8-25(23)30/h5-14,17,19H,4,15-16H2,1-3H3. The minimum Gasteiger partial charge on any atom is -0.466 e. The second-order valence-corrected chi connectivity index (χ2v) is 8.92. The van der Waals surface area contributed by atoms with Crippen LogP contribution in [0.3, 0.4) is 0 Å². The van der Waals surface area contributed by atoms with E-state index in [9.17, 15) is 9.59 Å². The zero-order valence-corrected chi connectivity index (χ0v) is 21.6. The maximum atomic E-state index is 12.7. The Balaban J connectivity index is 1.45. The Hall–Kier alpha value is -3.97. The molecule has 37 heavy (non-hydrogen) atoms. The minimum atomic E-state index is -0.495. The SMILES string of the molecule is CCOC(=O)Cc1ccc(-c2ccc(-c3onc(C)c3CC(=O)OC(C)c3ccccc3Cl)nc2)cc1. The average molecular weight is 519 g/mol. The van der Waals surface area contributed by atoms with Gasteiger partial charge in [-0.2, -0.15) is 0 Å². The van der Waals surface area contributed by atoms with Gasteiger partial charge in [-0.15, -0.1) is 0 Å². The number of pyridine rings is 1. The molecular formula is C29H27ClN2O5. The van der Waals surface area contributed by atoms with Gasteiger partial charge >= 0.3 is 11.9 Å².